The zero-order valence-corrected chi connectivity index (χ0v) is 18.6. The molecule has 8 heteroatoms. The van der Waals surface area contributed by atoms with Crippen molar-refractivity contribution in [2.75, 3.05) is 0 Å². The van der Waals surface area contributed by atoms with E-state index in [2.05, 4.69) is 20.2 Å². The summed E-state index contributed by atoms with van der Waals surface area (Å²) in [7, 11) is 0. The monoisotopic (exact) mass is 445 g/mol. The van der Waals surface area contributed by atoms with Gasteiger partial charge >= 0.3 is 0 Å². The van der Waals surface area contributed by atoms with Crippen molar-refractivity contribution in [1.29, 1.82) is 0 Å². The van der Waals surface area contributed by atoms with Crippen molar-refractivity contribution in [3.8, 4) is 17.1 Å². The molecule has 0 spiro atoms. The molecule has 0 radical (unpaired) electrons. The molecule has 3 heterocycles. The summed E-state index contributed by atoms with van der Waals surface area (Å²) in [6, 6.07) is 20.0. The molecule has 0 atom stereocenters. The average molecular weight is 446 g/mol. The number of fused-ring (bicyclic) bond motifs is 1. The van der Waals surface area contributed by atoms with Gasteiger partial charge in [-0.1, -0.05) is 60.3 Å². The van der Waals surface area contributed by atoms with Crippen molar-refractivity contribution in [2.24, 2.45) is 0 Å². The Balaban J connectivity index is 1.52. The van der Waals surface area contributed by atoms with Gasteiger partial charge < -0.3 is 4.98 Å². The van der Waals surface area contributed by atoms with E-state index in [-0.39, 0.29) is 5.56 Å². The highest BCUT2D eigenvalue weighted by molar-refractivity contribution is 7.98. The second-order valence-corrected chi connectivity index (χ2v) is 9.25. The molecule has 1 N–H and O–H groups in total. The normalized spacial score (nSPS) is 11.3. The van der Waals surface area contributed by atoms with Crippen molar-refractivity contribution in [2.45, 2.75) is 24.8 Å². The fourth-order valence-electron chi connectivity index (χ4n) is 3.45. The van der Waals surface area contributed by atoms with Crippen LogP contribution in [-0.4, -0.2) is 24.7 Å². The SMILES string of the molecule is Cc1sc2nc(CSc3nnc(-c4ccccc4)n3-c3ccccc3)[nH]c(=O)c2c1C. The van der Waals surface area contributed by atoms with Crippen LogP contribution in [0, 0.1) is 13.8 Å². The highest BCUT2D eigenvalue weighted by Crippen LogP contribution is 2.30. The quantitative estimate of drug-likeness (QED) is 0.379. The standard InChI is InChI=1S/C23H19N5OS2/c1-14-15(2)31-22-19(14)21(29)24-18(25-22)13-30-23-27-26-20(16-9-5-3-6-10-16)28(23)17-11-7-4-8-12-17/h3-12H,13H2,1-2H3,(H,24,25,29). The summed E-state index contributed by atoms with van der Waals surface area (Å²) in [4.78, 5) is 22.1. The van der Waals surface area contributed by atoms with Gasteiger partial charge in [0.05, 0.1) is 11.1 Å². The first kappa shape index (κ1) is 19.7. The predicted molar refractivity (Wildman–Crippen MR) is 126 cm³/mol. The van der Waals surface area contributed by atoms with Crippen LogP contribution < -0.4 is 5.56 Å². The van der Waals surface area contributed by atoms with Gasteiger partial charge in [-0.25, -0.2) is 4.98 Å². The molecule has 31 heavy (non-hydrogen) atoms. The van der Waals surface area contributed by atoms with Crippen molar-refractivity contribution in [3.63, 3.8) is 0 Å². The van der Waals surface area contributed by atoms with Crippen molar-refractivity contribution < 1.29 is 0 Å². The first-order chi connectivity index (χ1) is 15.1. The van der Waals surface area contributed by atoms with Gasteiger partial charge in [0, 0.05) is 16.1 Å². The average Bonchev–Trinajstić information content (AvgIpc) is 3.34. The molecule has 0 fully saturated rings. The van der Waals surface area contributed by atoms with Gasteiger partial charge in [0.2, 0.25) is 0 Å². The number of thioether (sulfide) groups is 1. The number of aromatic amines is 1. The van der Waals surface area contributed by atoms with Crippen LogP contribution >= 0.6 is 23.1 Å². The van der Waals surface area contributed by atoms with E-state index in [0.29, 0.717) is 17.0 Å². The summed E-state index contributed by atoms with van der Waals surface area (Å²) < 4.78 is 2.04. The number of benzene rings is 2. The van der Waals surface area contributed by atoms with Crippen molar-refractivity contribution in [1.82, 2.24) is 24.7 Å². The Morgan fingerprint density at radius 3 is 2.45 bits per heavy atom. The number of hydrogen-bond donors (Lipinski definition) is 1. The highest BCUT2D eigenvalue weighted by Gasteiger charge is 2.17. The first-order valence-electron chi connectivity index (χ1n) is 9.80. The molecule has 0 saturated carbocycles. The Labute approximate surface area is 187 Å². The molecule has 0 amide bonds. The highest BCUT2D eigenvalue weighted by atomic mass is 32.2. The Morgan fingerprint density at radius 1 is 1.00 bits per heavy atom. The van der Waals surface area contributed by atoms with Crippen LogP contribution in [0.2, 0.25) is 0 Å². The minimum absolute atomic E-state index is 0.0862. The summed E-state index contributed by atoms with van der Waals surface area (Å²) >= 11 is 3.06. The van der Waals surface area contributed by atoms with E-state index in [1.807, 2.05) is 79.1 Å². The van der Waals surface area contributed by atoms with Crippen LogP contribution in [0.25, 0.3) is 27.3 Å². The summed E-state index contributed by atoms with van der Waals surface area (Å²) in [5, 5.41) is 10.3. The van der Waals surface area contributed by atoms with E-state index >= 15 is 0 Å². The van der Waals surface area contributed by atoms with Crippen LogP contribution in [-0.2, 0) is 5.75 Å². The lowest BCUT2D eigenvalue weighted by molar-refractivity contribution is 0.883. The Kier molecular flexibility index (Phi) is 5.17. The lowest BCUT2D eigenvalue weighted by Gasteiger charge is -2.10. The Morgan fingerprint density at radius 2 is 1.71 bits per heavy atom. The molecule has 0 bridgehead atoms. The van der Waals surface area contributed by atoms with Crippen molar-refractivity contribution >= 4 is 33.3 Å². The van der Waals surface area contributed by atoms with Crippen molar-refractivity contribution in [3.05, 3.63) is 87.3 Å². The number of nitrogens with zero attached hydrogens (tertiary/aromatic N) is 4. The zero-order chi connectivity index (χ0) is 21.4. The first-order valence-corrected chi connectivity index (χ1v) is 11.6. The van der Waals surface area contributed by atoms with Gasteiger partial charge in [-0.3, -0.25) is 9.36 Å². The molecule has 0 saturated heterocycles. The summed E-state index contributed by atoms with van der Waals surface area (Å²) in [6.07, 6.45) is 0. The molecule has 5 rings (SSSR count). The number of thiophene rings is 1. The number of para-hydroxylation sites is 1. The van der Waals surface area contributed by atoms with Crippen LogP contribution in [0.5, 0.6) is 0 Å². The van der Waals surface area contributed by atoms with Crippen LogP contribution in [0.4, 0.5) is 0 Å². The zero-order valence-electron chi connectivity index (χ0n) is 17.0. The van der Waals surface area contributed by atoms with E-state index in [9.17, 15) is 4.79 Å². The maximum absolute atomic E-state index is 12.6. The molecule has 0 unspecified atom stereocenters. The second-order valence-electron chi connectivity index (χ2n) is 7.11. The summed E-state index contributed by atoms with van der Waals surface area (Å²) in [5.74, 6) is 1.89. The Hall–Kier alpha value is -3.23. The second kappa shape index (κ2) is 8.13. The molecular formula is C23H19N5OS2. The van der Waals surface area contributed by atoms with E-state index in [4.69, 9.17) is 0 Å². The summed E-state index contributed by atoms with van der Waals surface area (Å²) in [5.41, 5.74) is 2.89. The van der Waals surface area contributed by atoms with E-state index in [1.165, 1.54) is 11.8 Å². The Bertz CT molecular complexity index is 1420. The number of rotatable bonds is 5. The third kappa shape index (κ3) is 3.68. The molecule has 0 aliphatic rings. The van der Waals surface area contributed by atoms with Crippen LogP contribution in [0.3, 0.4) is 0 Å². The number of nitrogens with one attached hydrogen (secondary N) is 1. The molecule has 0 aliphatic carbocycles. The van der Waals surface area contributed by atoms with Crippen LogP contribution in [0.15, 0.2) is 70.6 Å². The molecular weight excluding hydrogens is 426 g/mol. The van der Waals surface area contributed by atoms with Gasteiger partial charge in [-0.15, -0.1) is 21.5 Å². The van der Waals surface area contributed by atoms with Gasteiger partial charge in [0.25, 0.3) is 5.56 Å². The fraction of sp³-hybridized carbons (Fsp3) is 0.130. The smallest absolute Gasteiger partial charge is 0.259 e. The minimum Gasteiger partial charge on any atom is -0.309 e. The molecule has 6 nitrogen and oxygen atoms in total. The molecule has 5 aromatic rings. The number of aromatic nitrogens is 5. The third-order valence-electron chi connectivity index (χ3n) is 5.11. The molecule has 2 aromatic carbocycles. The lowest BCUT2D eigenvalue weighted by atomic mass is 10.2. The fourth-order valence-corrected chi connectivity index (χ4v) is 5.32. The van der Waals surface area contributed by atoms with Gasteiger partial charge in [-0.05, 0) is 31.5 Å². The molecule has 0 aliphatic heterocycles. The molecule has 3 aromatic heterocycles. The largest absolute Gasteiger partial charge is 0.309 e. The molecule has 154 valence electrons. The van der Waals surface area contributed by atoms with Gasteiger partial charge in [0.1, 0.15) is 10.7 Å². The maximum atomic E-state index is 12.6. The third-order valence-corrected chi connectivity index (χ3v) is 7.15. The van der Waals surface area contributed by atoms with E-state index in [1.54, 1.807) is 11.3 Å². The van der Waals surface area contributed by atoms with E-state index in [0.717, 1.165) is 37.5 Å². The van der Waals surface area contributed by atoms with Gasteiger partial charge in [0.15, 0.2) is 11.0 Å². The number of hydrogen-bond acceptors (Lipinski definition) is 6. The topological polar surface area (TPSA) is 76.5 Å². The van der Waals surface area contributed by atoms with E-state index < -0.39 is 0 Å². The number of H-pyrrole nitrogens is 1. The summed E-state index contributed by atoms with van der Waals surface area (Å²) in [6.45, 7) is 3.98. The lowest BCUT2D eigenvalue weighted by Crippen LogP contribution is -2.11. The van der Waals surface area contributed by atoms with Crippen LogP contribution in [0.1, 0.15) is 16.3 Å². The number of aryl methyl sites for hydroxylation is 2. The maximum Gasteiger partial charge on any atom is 0.259 e. The predicted octanol–water partition coefficient (Wildman–Crippen LogP) is 5.14. The minimum atomic E-state index is -0.0862. The van der Waals surface area contributed by atoms with Gasteiger partial charge in [-0.2, -0.15) is 0 Å².